The van der Waals surface area contributed by atoms with Crippen LogP contribution in [0, 0.1) is 0 Å². The molecule has 0 aromatic heterocycles. The number of amides is 1. The predicted octanol–water partition coefficient (Wildman–Crippen LogP) is 9.34. The van der Waals surface area contributed by atoms with Crippen LogP contribution < -0.4 is 5.32 Å². The Bertz CT molecular complexity index is 546. The van der Waals surface area contributed by atoms with E-state index < -0.39 is 12.1 Å². The molecule has 0 bridgehead atoms. The number of hydrogen-bond donors (Lipinski definition) is 3. The summed E-state index contributed by atoms with van der Waals surface area (Å²) in [5.41, 5.74) is 0. The van der Waals surface area contributed by atoms with Gasteiger partial charge in [0.05, 0.1) is 18.8 Å². The van der Waals surface area contributed by atoms with Crippen LogP contribution in [0.2, 0.25) is 0 Å². The highest BCUT2D eigenvalue weighted by molar-refractivity contribution is 5.76. The molecule has 4 nitrogen and oxygen atoms in total. The summed E-state index contributed by atoms with van der Waals surface area (Å²) in [6, 6.07) is -0.621. The highest BCUT2D eigenvalue weighted by Crippen LogP contribution is 2.13. The monoisotopic (exact) mass is 535 g/mol. The quantitative estimate of drug-likeness (QED) is 0.0660. The van der Waals surface area contributed by atoms with Gasteiger partial charge < -0.3 is 15.5 Å². The average molecular weight is 536 g/mol. The molecule has 0 fully saturated rings. The number of carbonyl (C=O) groups is 1. The van der Waals surface area contributed by atoms with E-state index in [1.807, 2.05) is 6.08 Å². The molecule has 0 rings (SSSR count). The van der Waals surface area contributed by atoms with E-state index in [-0.39, 0.29) is 12.5 Å². The number of hydrogen-bond acceptors (Lipinski definition) is 3. The maximum Gasteiger partial charge on any atom is 0.220 e. The first-order chi connectivity index (χ1) is 18.7. The SMILES string of the molecule is CCCCC/C=C\CCCCCCCC(=O)NC(CO)C(O)/C=C/CCCCCCCCCCCCCC. The Balaban J connectivity index is 3.67. The van der Waals surface area contributed by atoms with Crippen LogP contribution in [0.1, 0.15) is 168 Å². The molecule has 0 saturated carbocycles. The van der Waals surface area contributed by atoms with E-state index in [4.69, 9.17) is 0 Å². The van der Waals surface area contributed by atoms with Crippen LogP contribution in [0.4, 0.5) is 0 Å². The third-order valence-corrected chi connectivity index (χ3v) is 7.43. The number of allylic oxidation sites excluding steroid dienone is 3. The molecule has 1 amide bonds. The predicted molar refractivity (Wildman–Crippen MR) is 165 cm³/mol. The Labute approximate surface area is 237 Å². The van der Waals surface area contributed by atoms with Crippen molar-refractivity contribution in [2.45, 2.75) is 180 Å². The molecule has 0 aliphatic heterocycles. The van der Waals surface area contributed by atoms with Crippen LogP contribution in [-0.4, -0.2) is 34.9 Å². The maximum atomic E-state index is 12.2. The van der Waals surface area contributed by atoms with E-state index in [0.717, 1.165) is 38.5 Å². The molecular formula is C34H65NO3. The normalized spacial score (nSPS) is 13.5. The first kappa shape index (κ1) is 36.9. The molecule has 2 atom stereocenters. The molecule has 0 radical (unpaired) electrons. The molecular weight excluding hydrogens is 470 g/mol. The third-order valence-electron chi connectivity index (χ3n) is 7.43. The lowest BCUT2D eigenvalue weighted by atomic mass is 10.0. The largest absolute Gasteiger partial charge is 0.394 e. The summed E-state index contributed by atoms with van der Waals surface area (Å²) in [6.45, 7) is 4.26. The van der Waals surface area contributed by atoms with Crippen molar-refractivity contribution in [2.24, 2.45) is 0 Å². The van der Waals surface area contributed by atoms with Crippen LogP contribution in [0.15, 0.2) is 24.3 Å². The zero-order valence-electron chi connectivity index (χ0n) is 25.4. The molecule has 0 aliphatic rings. The fourth-order valence-electron chi connectivity index (χ4n) is 4.82. The van der Waals surface area contributed by atoms with Crippen LogP contribution in [0.25, 0.3) is 0 Å². The van der Waals surface area contributed by atoms with E-state index in [1.165, 1.54) is 109 Å². The summed E-state index contributed by atoms with van der Waals surface area (Å²) in [5.74, 6) is -0.0764. The molecule has 0 spiro atoms. The number of aliphatic hydroxyl groups excluding tert-OH is 2. The molecule has 0 aliphatic carbocycles. The second-order valence-electron chi connectivity index (χ2n) is 11.2. The number of rotatable bonds is 29. The van der Waals surface area contributed by atoms with Gasteiger partial charge in [0, 0.05) is 6.42 Å². The van der Waals surface area contributed by atoms with Crippen molar-refractivity contribution in [3.63, 3.8) is 0 Å². The minimum atomic E-state index is -0.837. The second kappa shape index (κ2) is 30.4. The van der Waals surface area contributed by atoms with Gasteiger partial charge in [0.15, 0.2) is 0 Å². The van der Waals surface area contributed by atoms with Gasteiger partial charge in [0.2, 0.25) is 5.91 Å². The smallest absolute Gasteiger partial charge is 0.220 e. The number of aliphatic hydroxyl groups is 2. The van der Waals surface area contributed by atoms with Crippen molar-refractivity contribution in [3.8, 4) is 0 Å². The molecule has 0 heterocycles. The third kappa shape index (κ3) is 26.5. The fraction of sp³-hybridized carbons (Fsp3) is 0.853. The van der Waals surface area contributed by atoms with Crippen molar-refractivity contribution in [2.75, 3.05) is 6.61 Å². The number of unbranched alkanes of at least 4 members (excludes halogenated alkanes) is 20. The standard InChI is InChI=1S/C34H65NO3/c1-3-5-7-9-11-13-15-17-18-19-21-23-25-27-29-33(37)32(31-36)35-34(38)30-28-26-24-22-20-16-14-12-10-8-6-4-2/h12,14,27,29,32-33,36-37H,3-11,13,15-26,28,30-31H2,1-2H3,(H,35,38)/b14-12-,29-27+. The molecule has 2 unspecified atom stereocenters. The number of carbonyl (C=O) groups excluding carboxylic acids is 1. The van der Waals surface area contributed by atoms with Gasteiger partial charge in [-0.3, -0.25) is 4.79 Å². The van der Waals surface area contributed by atoms with Crippen molar-refractivity contribution < 1.29 is 15.0 Å². The Morgan fingerprint density at radius 3 is 1.50 bits per heavy atom. The molecule has 4 heteroatoms. The molecule has 38 heavy (non-hydrogen) atoms. The first-order valence-corrected chi connectivity index (χ1v) is 16.6. The lowest BCUT2D eigenvalue weighted by Crippen LogP contribution is -2.45. The topological polar surface area (TPSA) is 69.6 Å². The van der Waals surface area contributed by atoms with Crippen molar-refractivity contribution in [1.82, 2.24) is 5.32 Å². The first-order valence-electron chi connectivity index (χ1n) is 16.6. The van der Waals surface area contributed by atoms with Crippen LogP contribution in [0.3, 0.4) is 0 Å². The van der Waals surface area contributed by atoms with E-state index in [1.54, 1.807) is 6.08 Å². The number of nitrogens with one attached hydrogen (secondary N) is 1. The van der Waals surface area contributed by atoms with Gasteiger partial charge >= 0.3 is 0 Å². The van der Waals surface area contributed by atoms with E-state index >= 15 is 0 Å². The van der Waals surface area contributed by atoms with Crippen molar-refractivity contribution >= 4 is 5.91 Å². The maximum absolute atomic E-state index is 12.2. The van der Waals surface area contributed by atoms with Crippen LogP contribution >= 0.6 is 0 Å². The molecule has 0 saturated heterocycles. The van der Waals surface area contributed by atoms with Gasteiger partial charge in [-0.1, -0.05) is 141 Å². The van der Waals surface area contributed by atoms with Gasteiger partial charge in [0.25, 0.3) is 0 Å². The van der Waals surface area contributed by atoms with Crippen molar-refractivity contribution in [1.29, 1.82) is 0 Å². The Morgan fingerprint density at radius 1 is 0.605 bits per heavy atom. The lowest BCUT2D eigenvalue weighted by molar-refractivity contribution is -0.123. The summed E-state index contributed by atoms with van der Waals surface area (Å²) >= 11 is 0. The van der Waals surface area contributed by atoms with Gasteiger partial charge in [-0.2, -0.15) is 0 Å². The minimum absolute atomic E-state index is 0.0764. The molecule has 0 aromatic carbocycles. The van der Waals surface area contributed by atoms with Crippen LogP contribution in [0.5, 0.6) is 0 Å². The van der Waals surface area contributed by atoms with Gasteiger partial charge in [-0.15, -0.1) is 0 Å². The summed E-state index contributed by atoms with van der Waals surface area (Å²) in [6.07, 6.45) is 36.8. The highest BCUT2D eigenvalue weighted by atomic mass is 16.3. The Hall–Kier alpha value is -1.13. The van der Waals surface area contributed by atoms with E-state index in [2.05, 4.69) is 31.3 Å². The summed E-state index contributed by atoms with van der Waals surface area (Å²) in [4.78, 5) is 12.2. The van der Waals surface area contributed by atoms with E-state index in [9.17, 15) is 15.0 Å². The second-order valence-corrected chi connectivity index (χ2v) is 11.2. The van der Waals surface area contributed by atoms with Gasteiger partial charge in [-0.25, -0.2) is 0 Å². The minimum Gasteiger partial charge on any atom is -0.394 e. The zero-order valence-corrected chi connectivity index (χ0v) is 25.4. The zero-order chi connectivity index (χ0) is 27.9. The Morgan fingerprint density at radius 2 is 1.00 bits per heavy atom. The van der Waals surface area contributed by atoms with E-state index in [0.29, 0.717) is 6.42 Å². The summed E-state index contributed by atoms with van der Waals surface area (Å²) in [7, 11) is 0. The summed E-state index contributed by atoms with van der Waals surface area (Å²) < 4.78 is 0. The molecule has 3 N–H and O–H groups in total. The van der Waals surface area contributed by atoms with Gasteiger partial charge in [-0.05, 0) is 44.9 Å². The van der Waals surface area contributed by atoms with Gasteiger partial charge in [0.1, 0.15) is 0 Å². The summed E-state index contributed by atoms with van der Waals surface area (Å²) in [5, 5.41) is 22.8. The van der Waals surface area contributed by atoms with Crippen molar-refractivity contribution in [3.05, 3.63) is 24.3 Å². The molecule has 224 valence electrons. The lowest BCUT2D eigenvalue weighted by Gasteiger charge is -2.20. The Kier molecular flexibility index (Phi) is 29.5. The fourth-order valence-corrected chi connectivity index (χ4v) is 4.82. The van der Waals surface area contributed by atoms with Crippen LogP contribution in [-0.2, 0) is 4.79 Å². The molecule has 0 aromatic rings. The highest BCUT2D eigenvalue weighted by Gasteiger charge is 2.17. The average Bonchev–Trinajstić information content (AvgIpc) is 2.92.